The van der Waals surface area contributed by atoms with Crippen molar-refractivity contribution in [1.82, 2.24) is 15.5 Å². The molecule has 2 rings (SSSR count). The number of β-amino-alcohol motifs (C(OH)–C–C–N with tert-alkyl or cyclic N) is 1. The Hall–Kier alpha value is -1.92. The molecule has 0 unspecified atom stereocenters. The number of piperidine rings is 1. The van der Waals surface area contributed by atoms with Crippen molar-refractivity contribution in [2.24, 2.45) is 0 Å². The average Bonchev–Trinajstić information content (AvgIpc) is 2.48. The molecule has 0 radical (unpaired) electrons. The summed E-state index contributed by atoms with van der Waals surface area (Å²) in [6.07, 6.45) is 1.14. The van der Waals surface area contributed by atoms with E-state index >= 15 is 0 Å². The number of nitrogens with one attached hydrogen (secondary N) is 2. The fourth-order valence-electron chi connectivity index (χ4n) is 2.62. The van der Waals surface area contributed by atoms with Gasteiger partial charge in [0.05, 0.1) is 6.10 Å². The zero-order chi connectivity index (χ0) is 15.2. The van der Waals surface area contributed by atoms with Crippen molar-refractivity contribution in [3.63, 3.8) is 0 Å². The number of aliphatic hydroxyl groups is 1. The fraction of sp³-hybridized carbons (Fsp3) is 0.467. The van der Waals surface area contributed by atoms with Gasteiger partial charge in [0.1, 0.15) is 6.04 Å². The molecule has 0 bridgehead atoms. The fourth-order valence-corrected chi connectivity index (χ4v) is 2.62. The van der Waals surface area contributed by atoms with Crippen LogP contribution in [0.1, 0.15) is 24.4 Å². The molecule has 6 nitrogen and oxygen atoms in total. The third-order valence-electron chi connectivity index (χ3n) is 3.62. The first kappa shape index (κ1) is 15.5. The van der Waals surface area contributed by atoms with Crippen LogP contribution in [0.2, 0.25) is 0 Å². The predicted octanol–water partition coefficient (Wildman–Crippen LogP) is 0.640. The Bertz CT molecular complexity index is 492. The summed E-state index contributed by atoms with van der Waals surface area (Å²) < 4.78 is 0. The first-order valence-electron chi connectivity index (χ1n) is 7.11. The van der Waals surface area contributed by atoms with E-state index in [4.69, 9.17) is 0 Å². The number of likely N-dealkylation sites (tertiary alicyclic amines) is 1. The summed E-state index contributed by atoms with van der Waals surface area (Å²) in [5.41, 5.74) is 0.813. The zero-order valence-electron chi connectivity index (χ0n) is 12.1. The van der Waals surface area contributed by atoms with Gasteiger partial charge < -0.3 is 10.4 Å². The Kier molecular flexibility index (Phi) is 5.30. The van der Waals surface area contributed by atoms with Gasteiger partial charge in [0, 0.05) is 13.6 Å². The second-order valence-corrected chi connectivity index (χ2v) is 5.17. The van der Waals surface area contributed by atoms with Crippen molar-refractivity contribution in [3.05, 3.63) is 35.9 Å². The van der Waals surface area contributed by atoms with Gasteiger partial charge in [0.25, 0.3) is 0 Å². The van der Waals surface area contributed by atoms with Crippen LogP contribution in [-0.4, -0.2) is 48.2 Å². The van der Waals surface area contributed by atoms with Gasteiger partial charge >= 0.3 is 6.03 Å². The van der Waals surface area contributed by atoms with Crippen molar-refractivity contribution >= 4 is 11.9 Å². The van der Waals surface area contributed by atoms with Gasteiger partial charge in [0.15, 0.2) is 0 Å². The molecule has 3 amide bonds. The van der Waals surface area contributed by atoms with Gasteiger partial charge in [-0.3, -0.25) is 15.0 Å². The van der Waals surface area contributed by atoms with Gasteiger partial charge in [-0.1, -0.05) is 30.3 Å². The van der Waals surface area contributed by atoms with Crippen LogP contribution < -0.4 is 10.6 Å². The molecule has 3 N–H and O–H groups in total. The van der Waals surface area contributed by atoms with E-state index in [0.29, 0.717) is 6.54 Å². The number of carbonyl (C=O) groups excluding carboxylic acids is 2. The van der Waals surface area contributed by atoms with Crippen molar-refractivity contribution in [3.8, 4) is 0 Å². The van der Waals surface area contributed by atoms with Gasteiger partial charge in [-0.15, -0.1) is 0 Å². The number of imide groups is 1. The lowest BCUT2D eigenvalue weighted by Gasteiger charge is -2.35. The van der Waals surface area contributed by atoms with Crippen molar-refractivity contribution in [2.45, 2.75) is 25.0 Å². The Morgan fingerprint density at radius 3 is 2.67 bits per heavy atom. The van der Waals surface area contributed by atoms with Crippen LogP contribution in [0.3, 0.4) is 0 Å². The molecule has 1 aromatic carbocycles. The van der Waals surface area contributed by atoms with E-state index in [2.05, 4.69) is 10.6 Å². The molecule has 1 fully saturated rings. The SMILES string of the molecule is CNC(=O)NC(=O)[C@H](c1ccccc1)N1CCC[C@H](O)C1. The van der Waals surface area contributed by atoms with E-state index in [1.54, 1.807) is 0 Å². The summed E-state index contributed by atoms with van der Waals surface area (Å²) in [7, 11) is 1.46. The molecular formula is C15H21N3O3. The normalized spacial score (nSPS) is 20.6. The Balaban J connectivity index is 2.22. The monoisotopic (exact) mass is 291 g/mol. The van der Waals surface area contributed by atoms with E-state index in [1.807, 2.05) is 35.2 Å². The number of urea groups is 1. The highest BCUT2D eigenvalue weighted by Crippen LogP contribution is 2.25. The second-order valence-electron chi connectivity index (χ2n) is 5.17. The van der Waals surface area contributed by atoms with Crippen molar-refractivity contribution in [2.75, 3.05) is 20.1 Å². The van der Waals surface area contributed by atoms with Crippen LogP contribution in [0.5, 0.6) is 0 Å². The highest BCUT2D eigenvalue weighted by atomic mass is 16.3. The Morgan fingerprint density at radius 1 is 1.33 bits per heavy atom. The Labute approximate surface area is 124 Å². The lowest BCUT2D eigenvalue weighted by Crippen LogP contribution is -2.49. The number of amides is 3. The molecule has 114 valence electrons. The van der Waals surface area contributed by atoms with Crippen LogP contribution in [0.25, 0.3) is 0 Å². The minimum atomic E-state index is -0.571. The van der Waals surface area contributed by atoms with Crippen LogP contribution in [0, 0.1) is 0 Å². The highest BCUT2D eigenvalue weighted by Gasteiger charge is 2.31. The topological polar surface area (TPSA) is 81.7 Å². The number of nitrogens with zero attached hydrogens (tertiary/aromatic N) is 1. The first-order chi connectivity index (χ1) is 10.1. The maximum absolute atomic E-state index is 12.4. The number of aliphatic hydroxyl groups excluding tert-OH is 1. The van der Waals surface area contributed by atoms with Crippen LogP contribution in [0.15, 0.2) is 30.3 Å². The lowest BCUT2D eigenvalue weighted by molar-refractivity contribution is -0.126. The summed E-state index contributed by atoms with van der Waals surface area (Å²) in [6.45, 7) is 1.15. The predicted molar refractivity (Wildman–Crippen MR) is 78.6 cm³/mol. The van der Waals surface area contributed by atoms with Gasteiger partial charge in [-0.2, -0.15) is 0 Å². The molecule has 2 atom stereocenters. The molecule has 1 aromatic rings. The first-order valence-corrected chi connectivity index (χ1v) is 7.11. The summed E-state index contributed by atoms with van der Waals surface area (Å²) in [6, 6.07) is 8.20. The molecule has 6 heteroatoms. The average molecular weight is 291 g/mol. The minimum absolute atomic E-state index is 0.380. The largest absolute Gasteiger partial charge is 0.392 e. The third-order valence-corrected chi connectivity index (χ3v) is 3.62. The molecule has 21 heavy (non-hydrogen) atoms. The molecule has 1 aliphatic heterocycles. The van der Waals surface area contributed by atoms with Gasteiger partial charge in [0.2, 0.25) is 5.91 Å². The van der Waals surface area contributed by atoms with E-state index < -0.39 is 18.2 Å². The minimum Gasteiger partial charge on any atom is -0.392 e. The smallest absolute Gasteiger partial charge is 0.321 e. The molecule has 1 saturated heterocycles. The lowest BCUT2D eigenvalue weighted by atomic mass is 10.00. The molecule has 0 aromatic heterocycles. The summed E-state index contributed by atoms with van der Waals surface area (Å²) in [4.78, 5) is 25.7. The van der Waals surface area contributed by atoms with E-state index in [-0.39, 0.29) is 5.91 Å². The maximum atomic E-state index is 12.4. The van der Waals surface area contributed by atoms with E-state index in [1.165, 1.54) is 7.05 Å². The second kappa shape index (κ2) is 7.19. The van der Waals surface area contributed by atoms with E-state index in [0.717, 1.165) is 24.9 Å². The highest BCUT2D eigenvalue weighted by molar-refractivity contribution is 5.97. The van der Waals surface area contributed by atoms with Crippen LogP contribution in [-0.2, 0) is 4.79 Å². The van der Waals surface area contributed by atoms with Crippen molar-refractivity contribution in [1.29, 1.82) is 0 Å². The van der Waals surface area contributed by atoms with Crippen LogP contribution >= 0.6 is 0 Å². The quantitative estimate of drug-likeness (QED) is 0.763. The van der Waals surface area contributed by atoms with Gasteiger partial charge in [-0.05, 0) is 24.9 Å². The summed E-state index contributed by atoms with van der Waals surface area (Å²) in [5, 5.41) is 14.5. The number of rotatable bonds is 3. The molecular weight excluding hydrogens is 270 g/mol. The maximum Gasteiger partial charge on any atom is 0.321 e. The Morgan fingerprint density at radius 2 is 2.05 bits per heavy atom. The van der Waals surface area contributed by atoms with E-state index in [9.17, 15) is 14.7 Å². The van der Waals surface area contributed by atoms with Gasteiger partial charge in [-0.25, -0.2) is 4.79 Å². The molecule has 0 saturated carbocycles. The third kappa shape index (κ3) is 4.03. The van der Waals surface area contributed by atoms with Crippen LogP contribution in [0.4, 0.5) is 4.79 Å². The molecule has 1 heterocycles. The number of carbonyl (C=O) groups is 2. The number of hydrogen-bond acceptors (Lipinski definition) is 4. The zero-order valence-corrected chi connectivity index (χ0v) is 12.1. The standard InChI is InChI=1S/C15H21N3O3/c1-16-15(21)17-14(20)13(11-6-3-2-4-7-11)18-9-5-8-12(19)10-18/h2-4,6-7,12-13,19H,5,8-10H2,1H3,(H2,16,17,20,21)/t12-,13-/m0/s1. The molecule has 0 aliphatic carbocycles. The molecule has 0 spiro atoms. The number of hydrogen-bond donors (Lipinski definition) is 3. The summed E-state index contributed by atoms with van der Waals surface area (Å²) >= 11 is 0. The summed E-state index contributed by atoms with van der Waals surface area (Å²) in [5.74, 6) is -0.380. The number of benzene rings is 1. The van der Waals surface area contributed by atoms with Crippen molar-refractivity contribution < 1.29 is 14.7 Å². The molecule has 1 aliphatic rings.